The first-order chi connectivity index (χ1) is 49.2. The lowest BCUT2D eigenvalue weighted by Gasteiger charge is -2.39. The Bertz CT molecular complexity index is 5730. The maximum absolute atomic E-state index is 16.8. The smallest absolute Gasteiger partial charge is 0.128 e. The van der Waals surface area contributed by atoms with Gasteiger partial charge in [0.25, 0.3) is 0 Å². The van der Waals surface area contributed by atoms with E-state index in [1.807, 2.05) is 38.1 Å². The molecule has 1 spiro atoms. The summed E-state index contributed by atoms with van der Waals surface area (Å²) in [6.45, 7) is 20.8. The molecule has 0 amide bonds. The largest absolute Gasteiger partial charge is 0.311 e. The molecule has 5 unspecified atom stereocenters. The molecule has 486 valence electrons. The van der Waals surface area contributed by atoms with Crippen molar-refractivity contribution in [1.29, 1.82) is 0 Å². The van der Waals surface area contributed by atoms with E-state index >= 15 is 8.78 Å². The number of benzene rings is 13. The van der Waals surface area contributed by atoms with E-state index in [1.165, 1.54) is 83.5 Å². The summed E-state index contributed by atoms with van der Waals surface area (Å²) < 4.78 is 33.5. The Morgan fingerprint density at radius 2 is 0.723 bits per heavy atom. The predicted molar refractivity (Wildman–Crippen MR) is 414 cm³/mol. The Labute approximate surface area is 591 Å². The summed E-state index contributed by atoms with van der Waals surface area (Å²) in [5.41, 5.74) is 32.3. The maximum atomic E-state index is 16.8. The van der Waals surface area contributed by atoms with E-state index in [-0.39, 0.29) is 23.5 Å². The molecular weight excluding hydrogens is 1230 g/mol. The zero-order chi connectivity index (χ0) is 68.8. The number of rotatable bonds is 12. The Kier molecular flexibility index (Phi) is 14.1. The molecule has 0 aliphatic heterocycles. The molecule has 101 heavy (non-hydrogen) atoms. The molecule has 0 heterocycles. The van der Waals surface area contributed by atoms with Gasteiger partial charge in [-0.1, -0.05) is 261 Å². The van der Waals surface area contributed by atoms with Crippen molar-refractivity contribution in [3.05, 3.63) is 433 Å². The highest BCUT2D eigenvalue weighted by molar-refractivity contribution is 5.94. The molecule has 0 radical (unpaired) electrons. The molecule has 5 aliphatic carbocycles. The summed E-state index contributed by atoms with van der Waals surface area (Å²) >= 11 is 0. The molecule has 5 atom stereocenters. The van der Waals surface area contributed by atoms with E-state index in [0.29, 0.717) is 16.8 Å². The summed E-state index contributed by atoms with van der Waals surface area (Å²) in [5.74, 6) is -0.771. The van der Waals surface area contributed by atoms with Crippen LogP contribution in [-0.4, -0.2) is 0 Å². The zero-order valence-corrected chi connectivity index (χ0v) is 57.6. The highest BCUT2D eigenvalue weighted by atomic mass is 19.1. The summed E-state index contributed by atoms with van der Waals surface area (Å²) in [6, 6.07) is 99.6. The van der Waals surface area contributed by atoms with Crippen molar-refractivity contribution in [3.63, 3.8) is 0 Å². The van der Waals surface area contributed by atoms with Gasteiger partial charge in [0.2, 0.25) is 0 Å². The molecule has 0 N–H and O–H groups in total. The lowest BCUT2D eigenvalue weighted by atomic mass is 9.65. The first kappa shape index (κ1) is 61.6. The third-order valence-corrected chi connectivity index (χ3v) is 23.2. The highest BCUT2D eigenvalue weighted by Crippen LogP contribution is 2.67. The second-order valence-electron chi connectivity index (χ2n) is 28.6. The third-order valence-electron chi connectivity index (χ3n) is 23.2. The van der Waals surface area contributed by atoms with Gasteiger partial charge in [-0.3, -0.25) is 0 Å². The van der Waals surface area contributed by atoms with Crippen molar-refractivity contribution in [3.8, 4) is 33.4 Å². The molecule has 0 aromatic heterocycles. The molecular formula is C97H74F2N2. The molecule has 0 saturated heterocycles. The summed E-state index contributed by atoms with van der Waals surface area (Å²) in [4.78, 5) is 4.58. The van der Waals surface area contributed by atoms with E-state index < -0.39 is 16.2 Å². The van der Waals surface area contributed by atoms with Crippen LogP contribution in [-0.2, 0) is 16.2 Å². The Morgan fingerprint density at radius 1 is 0.337 bits per heavy atom. The van der Waals surface area contributed by atoms with Gasteiger partial charge < -0.3 is 9.80 Å². The fraction of sp³-hybridized carbons (Fsp3) is 0.113. The summed E-state index contributed by atoms with van der Waals surface area (Å²) in [7, 11) is 0. The van der Waals surface area contributed by atoms with Crippen LogP contribution in [0, 0.1) is 59.1 Å². The fourth-order valence-electron chi connectivity index (χ4n) is 18.6. The zero-order valence-electron chi connectivity index (χ0n) is 57.6. The lowest BCUT2D eigenvalue weighted by molar-refractivity contribution is 0.462. The number of fused-ring (bicyclic) bond motifs is 16. The van der Waals surface area contributed by atoms with E-state index in [0.717, 1.165) is 78.5 Å². The molecule has 13 aromatic rings. The second kappa shape index (κ2) is 23.2. The summed E-state index contributed by atoms with van der Waals surface area (Å²) in [5, 5.41) is 0. The monoisotopic (exact) mass is 1300 g/mol. The van der Waals surface area contributed by atoms with Crippen molar-refractivity contribution >= 4 is 40.6 Å². The van der Waals surface area contributed by atoms with Crippen LogP contribution < -0.4 is 9.80 Å². The average Bonchev–Trinajstić information content (AvgIpc) is 1.54. The van der Waals surface area contributed by atoms with Gasteiger partial charge in [0, 0.05) is 46.0 Å². The van der Waals surface area contributed by atoms with Crippen LogP contribution in [0.15, 0.2) is 310 Å². The first-order valence-electron chi connectivity index (χ1n) is 35.2. The second-order valence-corrected chi connectivity index (χ2v) is 28.6. The third kappa shape index (κ3) is 8.86. The lowest BCUT2D eigenvalue weighted by Crippen LogP contribution is -2.34. The first-order valence-corrected chi connectivity index (χ1v) is 35.2. The van der Waals surface area contributed by atoms with E-state index in [4.69, 9.17) is 0 Å². The number of hydrogen-bond acceptors (Lipinski definition) is 2. The number of aryl methyl sites for hydroxylation is 6. The normalized spacial score (nSPS) is 18.9. The minimum absolute atomic E-state index is 0.0430. The molecule has 4 heteroatoms. The van der Waals surface area contributed by atoms with Crippen molar-refractivity contribution in [2.75, 3.05) is 9.80 Å². The predicted octanol–water partition coefficient (Wildman–Crippen LogP) is 24.6. The van der Waals surface area contributed by atoms with E-state index in [2.05, 4.69) is 318 Å². The van der Waals surface area contributed by atoms with Crippen LogP contribution in [0.4, 0.5) is 37.2 Å². The van der Waals surface area contributed by atoms with Gasteiger partial charge in [-0.15, -0.1) is 0 Å². The van der Waals surface area contributed by atoms with Crippen LogP contribution in [0.3, 0.4) is 0 Å². The van der Waals surface area contributed by atoms with Crippen molar-refractivity contribution in [2.45, 2.75) is 63.7 Å². The molecule has 0 fully saturated rings. The molecule has 13 aromatic carbocycles. The van der Waals surface area contributed by atoms with Gasteiger partial charge in [0.05, 0.1) is 16.2 Å². The van der Waals surface area contributed by atoms with Gasteiger partial charge in [-0.05, 0) is 242 Å². The van der Waals surface area contributed by atoms with Gasteiger partial charge in [0.15, 0.2) is 0 Å². The average molecular weight is 1310 g/mol. The van der Waals surface area contributed by atoms with Gasteiger partial charge >= 0.3 is 0 Å². The number of halogens is 2. The standard InChI is InChI=1S/C97H74F2N2/c1-9-65-33-37-67(38-34-65)95(87-51-59(3)27-29-61(87)5)83-23-15-11-19-75(83)79-47-43-69(53-89(79)95)100(73-41-31-63(7)93(98)57-73)71-45-49-81-77-21-13-17-25-85(77)97(91(81)55-71)86-26-18-14-22-78(86)82-50-46-72(56-92(82)97)101(74-42-32-64(8)94(99)58-74)70-44-48-80-76-20-12-16-24-84(76)96(90(80)54-70,68-39-35-66(10-2)36-40-68)88-52-60(4)28-30-62(88)6/h9-58,81,91H,1-2H2,3-8H3. The van der Waals surface area contributed by atoms with E-state index in [9.17, 15) is 0 Å². The van der Waals surface area contributed by atoms with Crippen LogP contribution >= 0.6 is 0 Å². The van der Waals surface area contributed by atoms with Crippen LogP contribution in [0.1, 0.15) is 117 Å². The topological polar surface area (TPSA) is 6.48 Å². The molecule has 2 nitrogen and oxygen atoms in total. The molecule has 0 bridgehead atoms. The molecule has 0 saturated carbocycles. The van der Waals surface area contributed by atoms with Crippen molar-refractivity contribution in [2.24, 2.45) is 5.92 Å². The fourth-order valence-corrected chi connectivity index (χ4v) is 18.6. The van der Waals surface area contributed by atoms with Gasteiger partial charge in [-0.25, -0.2) is 8.78 Å². The molecule has 18 rings (SSSR count). The number of nitrogens with zero attached hydrogens (tertiary/aromatic N) is 2. The Morgan fingerprint density at radius 3 is 1.22 bits per heavy atom. The quantitative estimate of drug-likeness (QED) is 0.120. The SMILES string of the molecule is C=Cc1ccc(C2(c3cc(C)ccc3C)c3ccccc3-c3ccc(N(C4=CC5C(C=C4)c4ccccc4C54c5ccccc5-c5ccc(N(c6ccc(C)c(F)c6)c6ccc7c(c6)C(c6ccc(C=C)cc6)(c6cc(C)ccc6C)c6ccccc6-7)cc54)c4ccc(C)c(F)c4)cc32)cc1. The maximum Gasteiger partial charge on any atom is 0.128 e. The minimum atomic E-state index is -0.738. The van der Waals surface area contributed by atoms with Crippen LogP contribution in [0.25, 0.3) is 45.5 Å². The van der Waals surface area contributed by atoms with Gasteiger partial charge in [0.1, 0.15) is 11.6 Å². The van der Waals surface area contributed by atoms with Crippen molar-refractivity contribution < 1.29 is 8.78 Å². The highest BCUT2D eigenvalue weighted by Gasteiger charge is 2.58. The minimum Gasteiger partial charge on any atom is -0.311 e. The molecule has 5 aliphatic rings. The number of anilines is 5. The van der Waals surface area contributed by atoms with Gasteiger partial charge in [-0.2, -0.15) is 0 Å². The van der Waals surface area contributed by atoms with Crippen molar-refractivity contribution in [1.82, 2.24) is 0 Å². The Hall–Kier alpha value is -11.7. The number of hydrogen-bond donors (Lipinski definition) is 0. The van der Waals surface area contributed by atoms with E-state index in [1.54, 1.807) is 12.1 Å². The summed E-state index contributed by atoms with van der Waals surface area (Å²) in [6.07, 6.45) is 11.0. The Balaban J connectivity index is 0.859. The van der Waals surface area contributed by atoms with Crippen LogP contribution in [0.5, 0.6) is 0 Å². The van der Waals surface area contributed by atoms with Crippen LogP contribution in [0.2, 0.25) is 0 Å². The number of allylic oxidation sites excluding steroid dienone is 3.